The molecular weight excluding hydrogens is 326 g/mol. The molecule has 1 aromatic rings. The Kier molecular flexibility index (Phi) is 5.32. The Labute approximate surface area is 146 Å². The topological polar surface area (TPSA) is 69.7 Å². The van der Waals surface area contributed by atoms with Gasteiger partial charge in [-0.05, 0) is 32.8 Å². The summed E-state index contributed by atoms with van der Waals surface area (Å²) in [5, 5.41) is 3.17. The molecule has 1 saturated heterocycles. The van der Waals surface area contributed by atoms with Crippen molar-refractivity contribution >= 4 is 34.6 Å². The van der Waals surface area contributed by atoms with E-state index >= 15 is 0 Å². The Morgan fingerprint density at radius 3 is 2.62 bits per heavy atom. The molecule has 1 aliphatic heterocycles. The third-order valence-corrected chi connectivity index (χ3v) is 5.81. The van der Waals surface area contributed by atoms with Crippen LogP contribution in [0.3, 0.4) is 0 Å². The summed E-state index contributed by atoms with van der Waals surface area (Å²) in [5.41, 5.74) is -0.439. The molecule has 7 heteroatoms. The van der Waals surface area contributed by atoms with Crippen molar-refractivity contribution in [3.63, 3.8) is 0 Å². The molecule has 1 fully saturated rings. The summed E-state index contributed by atoms with van der Waals surface area (Å²) >= 11 is 1.41. The first-order valence-electron chi connectivity index (χ1n) is 8.19. The molecule has 0 bridgehead atoms. The largest absolute Gasteiger partial charge is 0.339 e. The van der Waals surface area contributed by atoms with E-state index in [4.69, 9.17) is 0 Å². The molecule has 3 amide bonds. The Balaban J connectivity index is 2.37. The average Bonchev–Trinajstić information content (AvgIpc) is 2.94. The van der Waals surface area contributed by atoms with E-state index in [1.807, 2.05) is 26.8 Å². The van der Waals surface area contributed by atoms with E-state index in [2.05, 4.69) is 5.32 Å². The van der Waals surface area contributed by atoms with E-state index < -0.39 is 5.54 Å². The van der Waals surface area contributed by atoms with Gasteiger partial charge in [0.2, 0.25) is 12.3 Å². The molecule has 0 radical (unpaired) electrons. The van der Waals surface area contributed by atoms with Crippen LogP contribution in [0.4, 0.5) is 5.00 Å². The molecule has 0 spiro atoms. The lowest BCUT2D eigenvalue weighted by Crippen LogP contribution is -2.64. The van der Waals surface area contributed by atoms with Gasteiger partial charge in [-0.2, -0.15) is 0 Å². The second-order valence-corrected chi connectivity index (χ2v) is 7.79. The fraction of sp³-hybridized carbons (Fsp3) is 0.588. The van der Waals surface area contributed by atoms with Crippen LogP contribution in [0.2, 0.25) is 0 Å². The van der Waals surface area contributed by atoms with E-state index in [-0.39, 0.29) is 17.7 Å². The van der Waals surface area contributed by atoms with Crippen molar-refractivity contribution in [3.8, 4) is 0 Å². The monoisotopic (exact) mass is 351 g/mol. The van der Waals surface area contributed by atoms with Gasteiger partial charge in [-0.3, -0.25) is 14.4 Å². The summed E-state index contributed by atoms with van der Waals surface area (Å²) in [6.45, 7) is 11.2. The molecule has 132 valence electrons. The number of nitrogens with zero attached hydrogens (tertiary/aromatic N) is 2. The highest BCUT2D eigenvalue weighted by Gasteiger charge is 2.44. The van der Waals surface area contributed by atoms with E-state index in [1.54, 1.807) is 23.6 Å². The third kappa shape index (κ3) is 3.17. The average molecular weight is 351 g/mol. The molecule has 1 aliphatic rings. The van der Waals surface area contributed by atoms with Crippen molar-refractivity contribution in [2.75, 3.05) is 25.0 Å². The predicted molar refractivity (Wildman–Crippen MR) is 95.5 cm³/mol. The van der Waals surface area contributed by atoms with Gasteiger partial charge in [-0.15, -0.1) is 11.3 Å². The Bertz CT molecular complexity index is 652. The van der Waals surface area contributed by atoms with E-state index in [0.29, 0.717) is 36.6 Å². The summed E-state index contributed by atoms with van der Waals surface area (Å²) in [4.78, 5) is 41.0. The van der Waals surface area contributed by atoms with Gasteiger partial charge in [0.25, 0.3) is 5.91 Å². The highest BCUT2D eigenvalue weighted by atomic mass is 32.1. The number of likely N-dealkylation sites (N-methyl/N-ethyl adjacent to an activating group) is 1. The van der Waals surface area contributed by atoms with Crippen LogP contribution in [0.15, 0.2) is 6.07 Å². The molecule has 1 aromatic heterocycles. The van der Waals surface area contributed by atoms with Crippen molar-refractivity contribution in [1.82, 2.24) is 9.80 Å². The molecule has 0 atom stereocenters. The van der Waals surface area contributed by atoms with Gasteiger partial charge in [-0.25, -0.2) is 0 Å². The zero-order valence-corrected chi connectivity index (χ0v) is 15.7. The van der Waals surface area contributed by atoms with Gasteiger partial charge in [-0.1, -0.05) is 13.8 Å². The smallest absolute Gasteiger partial charge is 0.257 e. The number of hydrogen-bond donors (Lipinski definition) is 1. The SMILES string of the molecule is CCN1CCN(C(=O)c2cc(C(C)C)sc2NC=O)C(C)(C)C1=O. The number of nitrogens with one attached hydrogen (secondary N) is 1. The molecule has 24 heavy (non-hydrogen) atoms. The van der Waals surface area contributed by atoms with Crippen LogP contribution in [0.5, 0.6) is 0 Å². The zero-order chi connectivity index (χ0) is 18.1. The number of carbonyl (C=O) groups is 3. The third-order valence-electron chi connectivity index (χ3n) is 4.45. The van der Waals surface area contributed by atoms with Gasteiger partial charge in [0.15, 0.2) is 0 Å². The highest BCUT2D eigenvalue weighted by Crippen LogP contribution is 2.35. The molecular formula is C17H25N3O3S. The quantitative estimate of drug-likeness (QED) is 0.829. The van der Waals surface area contributed by atoms with Crippen LogP contribution in [-0.2, 0) is 9.59 Å². The summed E-state index contributed by atoms with van der Waals surface area (Å²) in [6, 6.07) is 1.83. The molecule has 6 nitrogen and oxygen atoms in total. The molecule has 0 unspecified atom stereocenters. The van der Waals surface area contributed by atoms with Crippen molar-refractivity contribution in [1.29, 1.82) is 0 Å². The van der Waals surface area contributed by atoms with E-state index in [0.717, 1.165) is 4.88 Å². The number of amides is 3. The van der Waals surface area contributed by atoms with Gasteiger partial charge < -0.3 is 15.1 Å². The van der Waals surface area contributed by atoms with Gasteiger partial charge in [0.05, 0.1) is 5.56 Å². The fourth-order valence-corrected chi connectivity index (χ4v) is 3.93. The van der Waals surface area contributed by atoms with Crippen LogP contribution >= 0.6 is 11.3 Å². The molecule has 0 saturated carbocycles. The molecule has 1 N–H and O–H groups in total. The van der Waals surface area contributed by atoms with Gasteiger partial charge >= 0.3 is 0 Å². The van der Waals surface area contributed by atoms with E-state index in [9.17, 15) is 14.4 Å². The number of anilines is 1. The minimum atomic E-state index is -0.899. The molecule has 2 heterocycles. The van der Waals surface area contributed by atoms with E-state index in [1.165, 1.54) is 11.3 Å². The van der Waals surface area contributed by atoms with Crippen LogP contribution in [0.25, 0.3) is 0 Å². The fourth-order valence-electron chi connectivity index (χ4n) is 2.92. The summed E-state index contributed by atoms with van der Waals surface area (Å²) in [6.07, 6.45) is 0.581. The Hall–Kier alpha value is -1.89. The lowest BCUT2D eigenvalue weighted by Gasteiger charge is -2.45. The maximum absolute atomic E-state index is 13.1. The second kappa shape index (κ2) is 6.93. The lowest BCUT2D eigenvalue weighted by atomic mass is 9.96. The first-order valence-corrected chi connectivity index (χ1v) is 9.00. The van der Waals surface area contributed by atoms with Crippen molar-refractivity contribution < 1.29 is 14.4 Å². The maximum Gasteiger partial charge on any atom is 0.257 e. The normalized spacial score (nSPS) is 17.3. The minimum absolute atomic E-state index is 0.0474. The number of piperazine rings is 1. The van der Waals surface area contributed by atoms with Gasteiger partial charge in [0, 0.05) is 24.5 Å². The van der Waals surface area contributed by atoms with Gasteiger partial charge in [0.1, 0.15) is 10.5 Å². The van der Waals surface area contributed by atoms with Crippen molar-refractivity contribution in [2.45, 2.75) is 46.1 Å². The second-order valence-electron chi connectivity index (χ2n) is 6.71. The summed E-state index contributed by atoms with van der Waals surface area (Å²) in [7, 11) is 0. The number of rotatable bonds is 5. The summed E-state index contributed by atoms with van der Waals surface area (Å²) in [5.74, 6) is 0.000690. The number of thiophene rings is 1. The van der Waals surface area contributed by atoms with Crippen LogP contribution in [0.1, 0.15) is 55.8 Å². The molecule has 0 aromatic carbocycles. The standard InChI is InChI=1S/C17H25N3O3S/c1-6-19-7-8-20(17(4,5)16(19)23)15(22)12-9-13(11(2)3)24-14(12)18-10-21/h9-11H,6-8H2,1-5H3,(H,18,21). The first kappa shape index (κ1) is 18.4. The Morgan fingerprint density at radius 2 is 2.08 bits per heavy atom. The zero-order valence-electron chi connectivity index (χ0n) is 14.9. The molecule has 0 aliphatic carbocycles. The number of carbonyl (C=O) groups excluding carboxylic acids is 3. The maximum atomic E-state index is 13.1. The Morgan fingerprint density at radius 1 is 1.42 bits per heavy atom. The number of hydrogen-bond acceptors (Lipinski definition) is 4. The van der Waals surface area contributed by atoms with Crippen LogP contribution < -0.4 is 5.32 Å². The van der Waals surface area contributed by atoms with Crippen LogP contribution in [0, 0.1) is 0 Å². The highest BCUT2D eigenvalue weighted by molar-refractivity contribution is 7.16. The first-order chi connectivity index (χ1) is 11.2. The lowest BCUT2D eigenvalue weighted by molar-refractivity contribution is -0.146. The summed E-state index contributed by atoms with van der Waals surface area (Å²) < 4.78 is 0. The van der Waals surface area contributed by atoms with Crippen molar-refractivity contribution in [3.05, 3.63) is 16.5 Å². The van der Waals surface area contributed by atoms with Crippen molar-refractivity contribution in [2.24, 2.45) is 0 Å². The predicted octanol–water partition coefficient (Wildman–Crippen LogP) is 2.52. The minimum Gasteiger partial charge on any atom is -0.339 e. The van der Waals surface area contributed by atoms with Crippen LogP contribution in [-0.4, -0.2) is 53.2 Å². The molecule has 2 rings (SSSR count).